The first-order chi connectivity index (χ1) is 7.61. The van der Waals surface area contributed by atoms with Gasteiger partial charge in [-0.2, -0.15) is 0 Å². The van der Waals surface area contributed by atoms with Crippen LogP contribution in [0.3, 0.4) is 0 Å². The molecule has 0 aromatic heterocycles. The zero-order chi connectivity index (χ0) is 11.6. The molecule has 1 aromatic rings. The summed E-state index contributed by atoms with van der Waals surface area (Å²) in [5, 5.41) is 0. The maximum Gasteiger partial charge on any atom is 0.0104 e. The summed E-state index contributed by atoms with van der Waals surface area (Å²) in [6.45, 7) is 5.22. The third-order valence-corrected chi connectivity index (χ3v) is 4.41. The Balaban J connectivity index is 2.17. The third-order valence-electron chi connectivity index (χ3n) is 3.21. The van der Waals surface area contributed by atoms with Crippen LogP contribution in [0, 0.1) is 5.41 Å². The van der Waals surface area contributed by atoms with Gasteiger partial charge in [-0.3, -0.25) is 0 Å². The summed E-state index contributed by atoms with van der Waals surface area (Å²) in [6.07, 6.45) is 3.65. The Labute approximate surface area is 103 Å². The lowest BCUT2D eigenvalue weighted by Crippen LogP contribution is -2.26. The molecular weight excluding hydrogens is 214 g/mol. The van der Waals surface area contributed by atoms with Crippen LogP contribution in [-0.2, 0) is 12.8 Å². The van der Waals surface area contributed by atoms with Gasteiger partial charge in [-0.1, -0.05) is 26.0 Å². The van der Waals surface area contributed by atoms with Crippen LogP contribution in [0.25, 0.3) is 0 Å². The Morgan fingerprint density at radius 2 is 2.19 bits per heavy atom. The van der Waals surface area contributed by atoms with Gasteiger partial charge in [-0.05, 0) is 54.2 Å². The number of nitrogens with two attached hydrogens (primary N) is 1. The first-order valence-electron chi connectivity index (χ1n) is 6.05. The molecule has 0 atom stereocenters. The summed E-state index contributed by atoms with van der Waals surface area (Å²) >= 11 is 2.00. The van der Waals surface area contributed by atoms with E-state index in [1.54, 1.807) is 5.56 Å². The minimum Gasteiger partial charge on any atom is -0.330 e. The molecule has 0 amide bonds. The van der Waals surface area contributed by atoms with Crippen LogP contribution in [0.1, 0.15) is 31.4 Å². The number of aryl methyl sites for hydroxylation is 1. The Morgan fingerprint density at radius 1 is 1.38 bits per heavy atom. The standard InChI is InChI=1S/C14H21NS/c1-14(2,10-15)9-11-5-6-13-12(8-11)4-3-7-16-13/h5-6,8H,3-4,7,9-10,15H2,1-2H3. The van der Waals surface area contributed by atoms with E-state index in [9.17, 15) is 0 Å². The molecule has 2 N–H and O–H groups in total. The molecule has 0 spiro atoms. The molecule has 0 saturated carbocycles. The molecule has 0 saturated heterocycles. The molecule has 0 bridgehead atoms. The van der Waals surface area contributed by atoms with E-state index < -0.39 is 0 Å². The normalized spacial score (nSPS) is 15.9. The van der Waals surface area contributed by atoms with Crippen molar-refractivity contribution in [2.75, 3.05) is 12.3 Å². The van der Waals surface area contributed by atoms with Crippen LogP contribution >= 0.6 is 11.8 Å². The summed E-state index contributed by atoms with van der Waals surface area (Å²) in [5.41, 5.74) is 8.99. The van der Waals surface area contributed by atoms with Gasteiger partial charge < -0.3 is 5.73 Å². The van der Waals surface area contributed by atoms with Crippen molar-refractivity contribution in [1.29, 1.82) is 0 Å². The van der Waals surface area contributed by atoms with E-state index in [1.807, 2.05) is 11.8 Å². The van der Waals surface area contributed by atoms with Crippen LogP contribution < -0.4 is 5.73 Å². The topological polar surface area (TPSA) is 26.0 Å². The van der Waals surface area contributed by atoms with Gasteiger partial charge in [-0.15, -0.1) is 11.8 Å². The number of rotatable bonds is 3. The lowest BCUT2D eigenvalue weighted by Gasteiger charge is -2.23. The zero-order valence-corrected chi connectivity index (χ0v) is 11.1. The fraction of sp³-hybridized carbons (Fsp3) is 0.571. The van der Waals surface area contributed by atoms with E-state index >= 15 is 0 Å². The SMILES string of the molecule is CC(C)(CN)Cc1ccc2c(c1)CCCS2. The van der Waals surface area contributed by atoms with Gasteiger partial charge in [0.05, 0.1) is 0 Å². The minimum absolute atomic E-state index is 0.218. The lowest BCUT2D eigenvalue weighted by atomic mass is 9.85. The molecule has 16 heavy (non-hydrogen) atoms. The maximum absolute atomic E-state index is 5.79. The predicted octanol–water partition coefficient (Wildman–Crippen LogP) is 3.25. The van der Waals surface area contributed by atoms with Crippen LogP contribution in [0.2, 0.25) is 0 Å². The fourth-order valence-corrected chi connectivity index (χ4v) is 3.17. The molecule has 0 fully saturated rings. The highest BCUT2D eigenvalue weighted by Crippen LogP contribution is 2.31. The Morgan fingerprint density at radius 3 is 2.94 bits per heavy atom. The average molecular weight is 235 g/mol. The first kappa shape index (κ1) is 12.0. The van der Waals surface area contributed by atoms with E-state index in [1.165, 1.54) is 29.1 Å². The number of fused-ring (bicyclic) bond motifs is 1. The molecule has 0 aliphatic carbocycles. The second kappa shape index (κ2) is 4.80. The number of hydrogen-bond acceptors (Lipinski definition) is 2. The van der Waals surface area contributed by atoms with Crippen LogP contribution in [0.5, 0.6) is 0 Å². The summed E-state index contributed by atoms with van der Waals surface area (Å²) in [7, 11) is 0. The third kappa shape index (κ3) is 2.80. The van der Waals surface area contributed by atoms with Crippen molar-refractivity contribution < 1.29 is 0 Å². The van der Waals surface area contributed by atoms with Crippen molar-refractivity contribution in [3.05, 3.63) is 29.3 Å². The quantitative estimate of drug-likeness (QED) is 0.870. The molecule has 1 heterocycles. The Hall–Kier alpha value is -0.470. The van der Waals surface area contributed by atoms with Gasteiger partial charge in [0.15, 0.2) is 0 Å². The van der Waals surface area contributed by atoms with Gasteiger partial charge >= 0.3 is 0 Å². The summed E-state index contributed by atoms with van der Waals surface area (Å²) in [6, 6.07) is 6.95. The molecule has 1 aromatic carbocycles. The molecule has 0 radical (unpaired) electrons. The Bertz CT molecular complexity index is 371. The molecule has 2 rings (SSSR count). The smallest absolute Gasteiger partial charge is 0.0104 e. The summed E-state index contributed by atoms with van der Waals surface area (Å²) in [4.78, 5) is 1.49. The fourth-order valence-electron chi connectivity index (χ4n) is 2.15. The zero-order valence-electron chi connectivity index (χ0n) is 10.3. The van der Waals surface area contributed by atoms with E-state index in [-0.39, 0.29) is 5.41 Å². The highest BCUT2D eigenvalue weighted by atomic mass is 32.2. The number of thioether (sulfide) groups is 1. The molecular formula is C14H21NS. The highest BCUT2D eigenvalue weighted by molar-refractivity contribution is 7.99. The molecule has 2 heteroatoms. The van der Waals surface area contributed by atoms with E-state index in [2.05, 4.69) is 32.0 Å². The first-order valence-corrected chi connectivity index (χ1v) is 7.04. The van der Waals surface area contributed by atoms with Crippen molar-refractivity contribution in [2.24, 2.45) is 11.1 Å². The van der Waals surface area contributed by atoms with Gasteiger partial charge in [0, 0.05) is 4.90 Å². The molecule has 0 unspecified atom stereocenters. The summed E-state index contributed by atoms with van der Waals surface area (Å²) in [5.74, 6) is 1.28. The van der Waals surface area contributed by atoms with Crippen LogP contribution in [0.15, 0.2) is 23.1 Å². The average Bonchev–Trinajstić information content (AvgIpc) is 2.28. The van der Waals surface area contributed by atoms with Gasteiger partial charge in [0.1, 0.15) is 0 Å². The van der Waals surface area contributed by atoms with Crippen molar-refractivity contribution in [3.63, 3.8) is 0 Å². The number of hydrogen-bond donors (Lipinski definition) is 1. The maximum atomic E-state index is 5.79. The second-order valence-corrected chi connectivity index (χ2v) is 6.58. The molecule has 88 valence electrons. The molecule has 1 aliphatic heterocycles. The van der Waals surface area contributed by atoms with E-state index in [0.29, 0.717) is 0 Å². The largest absolute Gasteiger partial charge is 0.330 e. The highest BCUT2D eigenvalue weighted by Gasteiger charge is 2.17. The van der Waals surface area contributed by atoms with E-state index in [4.69, 9.17) is 5.73 Å². The molecule has 1 nitrogen and oxygen atoms in total. The van der Waals surface area contributed by atoms with E-state index in [0.717, 1.165) is 13.0 Å². The summed E-state index contributed by atoms with van der Waals surface area (Å²) < 4.78 is 0. The second-order valence-electron chi connectivity index (χ2n) is 5.44. The van der Waals surface area contributed by atoms with Crippen molar-refractivity contribution >= 4 is 11.8 Å². The van der Waals surface area contributed by atoms with Gasteiger partial charge in [0.25, 0.3) is 0 Å². The lowest BCUT2D eigenvalue weighted by molar-refractivity contribution is 0.376. The van der Waals surface area contributed by atoms with Crippen molar-refractivity contribution in [3.8, 4) is 0 Å². The molecule has 1 aliphatic rings. The predicted molar refractivity (Wildman–Crippen MR) is 72.0 cm³/mol. The van der Waals surface area contributed by atoms with Crippen molar-refractivity contribution in [1.82, 2.24) is 0 Å². The van der Waals surface area contributed by atoms with Gasteiger partial charge in [0.2, 0.25) is 0 Å². The van der Waals surface area contributed by atoms with Crippen LogP contribution in [-0.4, -0.2) is 12.3 Å². The van der Waals surface area contributed by atoms with Gasteiger partial charge in [-0.25, -0.2) is 0 Å². The van der Waals surface area contributed by atoms with Crippen LogP contribution in [0.4, 0.5) is 0 Å². The Kier molecular flexibility index (Phi) is 3.60. The monoisotopic (exact) mass is 235 g/mol. The van der Waals surface area contributed by atoms with Crippen molar-refractivity contribution in [2.45, 2.75) is 38.0 Å². The minimum atomic E-state index is 0.218. The number of benzene rings is 1.